The Hall–Kier alpha value is -3.28. The van der Waals surface area contributed by atoms with Crippen molar-refractivity contribution in [2.75, 3.05) is 5.32 Å². The highest BCUT2D eigenvalue weighted by Gasteiger charge is 2.23. The highest BCUT2D eigenvalue weighted by molar-refractivity contribution is 5.94. The summed E-state index contributed by atoms with van der Waals surface area (Å²) in [5.41, 5.74) is 3.55. The van der Waals surface area contributed by atoms with Crippen LogP contribution >= 0.6 is 0 Å². The summed E-state index contributed by atoms with van der Waals surface area (Å²) in [6.45, 7) is 7.66. The van der Waals surface area contributed by atoms with Crippen molar-refractivity contribution in [1.82, 2.24) is 9.36 Å². The molecule has 152 valence electrons. The van der Waals surface area contributed by atoms with Crippen molar-refractivity contribution in [3.63, 3.8) is 0 Å². The minimum Gasteiger partial charge on any atom is -0.481 e. The number of nitrogens with zero attached hydrogens (tertiary/aromatic N) is 2. The molecule has 0 aliphatic rings. The Bertz CT molecular complexity index is 1060. The van der Waals surface area contributed by atoms with Crippen molar-refractivity contribution < 1.29 is 9.53 Å². The molecule has 1 unspecified atom stereocenters. The van der Waals surface area contributed by atoms with Crippen LogP contribution in [0.15, 0.2) is 53.3 Å². The number of nitrogens with one attached hydrogen (secondary N) is 1. The molecule has 0 radical (unpaired) electrons. The van der Waals surface area contributed by atoms with E-state index in [2.05, 4.69) is 5.32 Å². The lowest BCUT2D eigenvalue weighted by atomic mass is 10.1. The molecule has 1 amide bonds. The molecule has 1 atom stereocenters. The van der Waals surface area contributed by atoms with Gasteiger partial charge < -0.3 is 10.1 Å². The number of aromatic nitrogens is 2. The van der Waals surface area contributed by atoms with E-state index in [1.54, 1.807) is 11.7 Å². The number of anilines is 1. The first kappa shape index (κ1) is 20.5. The molecule has 6 heteroatoms. The van der Waals surface area contributed by atoms with E-state index in [0.29, 0.717) is 17.9 Å². The van der Waals surface area contributed by atoms with Gasteiger partial charge in [-0.25, -0.2) is 4.68 Å². The van der Waals surface area contributed by atoms with E-state index < -0.39 is 6.10 Å². The summed E-state index contributed by atoms with van der Waals surface area (Å²) in [5.74, 6) is 0.314. The van der Waals surface area contributed by atoms with Crippen LogP contribution in [0.3, 0.4) is 0 Å². The normalized spacial score (nSPS) is 11.9. The van der Waals surface area contributed by atoms with E-state index in [1.807, 2.05) is 76.2 Å². The van der Waals surface area contributed by atoms with Gasteiger partial charge in [-0.2, -0.15) is 0 Å². The fraction of sp³-hybridized carbons (Fsp3) is 0.304. The average molecular weight is 393 g/mol. The molecule has 0 aliphatic carbocycles. The maximum atomic E-state index is 13.0. The molecule has 6 nitrogen and oxygen atoms in total. The molecule has 0 saturated carbocycles. The van der Waals surface area contributed by atoms with Crippen molar-refractivity contribution in [3.05, 3.63) is 75.7 Å². The molecule has 2 aromatic carbocycles. The molecule has 0 spiro atoms. The van der Waals surface area contributed by atoms with Gasteiger partial charge in [0.05, 0.1) is 11.4 Å². The molecule has 0 bridgehead atoms. The molecular formula is C23H27N3O3. The maximum absolute atomic E-state index is 13.0. The zero-order chi connectivity index (χ0) is 21.1. The van der Waals surface area contributed by atoms with Gasteiger partial charge in [-0.05, 0) is 62.6 Å². The van der Waals surface area contributed by atoms with Crippen LogP contribution in [0, 0.1) is 20.8 Å². The standard InChI is InChI=1S/C23H27N3O3/c1-6-20(29-19-13-15(2)12-16(3)14-19)22(27)24-21-17(4)25(5)26(23(21)28)18-10-8-7-9-11-18/h7-14,20H,6H2,1-5H3,(H,24,27). The van der Waals surface area contributed by atoms with Crippen LogP contribution in [-0.2, 0) is 11.8 Å². The molecule has 0 fully saturated rings. The van der Waals surface area contributed by atoms with E-state index in [9.17, 15) is 9.59 Å². The Balaban J connectivity index is 1.87. The van der Waals surface area contributed by atoms with Gasteiger partial charge in [0.15, 0.2) is 6.10 Å². The Morgan fingerprint density at radius 2 is 1.69 bits per heavy atom. The lowest BCUT2D eigenvalue weighted by Crippen LogP contribution is -2.34. The van der Waals surface area contributed by atoms with Crippen LogP contribution in [0.5, 0.6) is 5.75 Å². The number of amides is 1. The monoisotopic (exact) mass is 393 g/mol. The Labute approximate surface area is 170 Å². The van der Waals surface area contributed by atoms with Crippen molar-refractivity contribution in [2.24, 2.45) is 7.05 Å². The summed E-state index contributed by atoms with van der Waals surface area (Å²) in [6.07, 6.45) is -0.210. The molecule has 1 aromatic heterocycles. The van der Waals surface area contributed by atoms with Crippen LogP contribution in [0.1, 0.15) is 30.2 Å². The lowest BCUT2D eigenvalue weighted by Gasteiger charge is -2.17. The van der Waals surface area contributed by atoms with Crippen LogP contribution in [0.4, 0.5) is 5.69 Å². The van der Waals surface area contributed by atoms with Gasteiger partial charge in [0.2, 0.25) is 0 Å². The minimum atomic E-state index is -0.694. The van der Waals surface area contributed by atoms with Crippen LogP contribution in [0.25, 0.3) is 5.69 Å². The van der Waals surface area contributed by atoms with E-state index in [4.69, 9.17) is 4.74 Å². The van der Waals surface area contributed by atoms with Gasteiger partial charge in [-0.1, -0.05) is 31.2 Å². The second kappa shape index (κ2) is 8.39. The third-order valence-electron chi connectivity index (χ3n) is 4.94. The van der Waals surface area contributed by atoms with Crippen LogP contribution in [0.2, 0.25) is 0 Å². The zero-order valence-electron chi connectivity index (χ0n) is 17.5. The fourth-order valence-corrected chi connectivity index (χ4v) is 3.40. The van der Waals surface area contributed by atoms with Crippen molar-refractivity contribution >= 4 is 11.6 Å². The summed E-state index contributed by atoms with van der Waals surface area (Å²) < 4.78 is 9.21. The number of benzene rings is 2. The first-order valence-electron chi connectivity index (χ1n) is 9.71. The van der Waals surface area contributed by atoms with Gasteiger partial charge in [0.1, 0.15) is 11.4 Å². The summed E-state index contributed by atoms with van der Waals surface area (Å²) in [4.78, 5) is 25.9. The largest absolute Gasteiger partial charge is 0.481 e. The number of para-hydroxylation sites is 1. The summed E-state index contributed by atoms with van der Waals surface area (Å²) in [6, 6.07) is 15.2. The van der Waals surface area contributed by atoms with E-state index >= 15 is 0 Å². The molecule has 3 rings (SSSR count). The highest BCUT2D eigenvalue weighted by atomic mass is 16.5. The van der Waals surface area contributed by atoms with Crippen molar-refractivity contribution in [1.29, 1.82) is 0 Å². The summed E-state index contributed by atoms with van der Waals surface area (Å²) in [5, 5.41) is 2.79. The number of hydrogen-bond acceptors (Lipinski definition) is 3. The zero-order valence-corrected chi connectivity index (χ0v) is 17.5. The number of aryl methyl sites for hydroxylation is 2. The molecule has 29 heavy (non-hydrogen) atoms. The molecular weight excluding hydrogens is 366 g/mol. The SMILES string of the molecule is CCC(Oc1cc(C)cc(C)c1)C(=O)Nc1c(C)n(C)n(-c2ccccc2)c1=O. The van der Waals surface area contributed by atoms with E-state index in [-0.39, 0.29) is 17.2 Å². The Morgan fingerprint density at radius 3 is 2.28 bits per heavy atom. The maximum Gasteiger partial charge on any atom is 0.295 e. The average Bonchev–Trinajstić information content (AvgIpc) is 2.89. The first-order chi connectivity index (χ1) is 13.8. The minimum absolute atomic E-state index is 0.267. The van der Waals surface area contributed by atoms with Gasteiger partial charge in [-0.15, -0.1) is 0 Å². The topological polar surface area (TPSA) is 65.3 Å². The van der Waals surface area contributed by atoms with E-state index in [0.717, 1.165) is 16.8 Å². The Morgan fingerprint density at radius 1 is 1.07 bits per heavy atom. The molecule has 3 aromatic rings. The highest BCUT2D eigenvalue weighted by Crippen LogP contribution is 2.20. The lowest BCUT2D eigenvalue weighted by molar-refractivity contribution is -0.122. The molecule has 1 N–H and O–H groups in total. The molecule has 0 saturated heterocycles. The molecule has 0 aliphatic heterocycles. The summed E-state index contributed by atoms with van der Waals surface area (Å²) >= 11 is 0. The smallest absolute Gasteiger partial charge is 0.295 e. The predicted octanol–water partition coefficient (Wildman–Crippen LogP) is 3.90. The van der Waals surface area contributed by atoms with Gasteiger partial charge in [0, 0.05) is 7.05 Å². The molecule has 1 heterocycles. The van der Waals surface area contributed by atoms with Gasteiger partial charge in [0.25, 0.3) is 11.5 Å². The van der Waals surface area contributed by atoms with Crippen LogP contribution in [-0.4, -0.2) is 21.4 Å². The number of ether oxygens (including phenoxy) is 1. The van der Waals surface area contributed by atoms with Gasteiger partial charge >= 0.3 is 0 Å². The fourth-order valence-electron chi connectivity index (χ4n) is 3.40. The number of rotatable bonds is 6. The number of hydrogen-bond donors (Lipinski definition) is 1. The quantitative estimate of drug-likeness (QED) is 0.691. The van der Waals surface area contributed by atoms with Gasteiger partial charge in [-0.3, -0.25) is 14.3 Å². The van der Waals surface area contributed by atoms with Crippen molar-refractivity contribution in [2.45, 2.75) is 40.2 Å². The Kier molecular flexibility index (Phi) is 5.92. The third kappa shape index (κ3) is 4.26. The predicted molar refractivity (Wildman–Crippen MR) is 115 cm³/mol. The summed E-state index contributed by atoms with van der Waals surface area (Å²) in [7, 11) is 1.79. The second-order valence-corrected chi connectivity index (χ2v) is 7.26. The van der Waals surface area contributed by atoms with Crippen molar-refractivity contribution in [3.8, 4) is 11.4 Å². The first-order valence-corrected chi connectivity index (χ1v) is 9.71. The number of carbonyl (C=O) groups is 1. The number of carbonyl (C=O) groups excluding carboxylic acids is 1. The van der Waals surface area contributed by atoms with Crippen LogP contribution < -0.4 is 15.6 Å². The van der Waals surface area contributed by atoms with E-state index in [1.165, 1.54) is 4.68 Å². The second-order valence-electron chi connectivity index (χ2n) is 7.26. The third-order valence-corrected chi connectivity index (χ3v) is 4.94.